The number of Topliss-reactive ketones (excluding diaryl/α,β-unsaturated/α-hetero) is 1. The van der Waals surface area contributed by atoms with Gasteiger partial charge in [0.25, 0.3) is 0 Å². The monoisotopic (exact) mass is 270 g/mol. The molecule has 5 atom stereocenters. The molecule has 0 radical (unpaired) electrons. The van der Waals surface area contributed by atoms with E-state index in [1.54, 1.807) is 19.1 Å². The Hall–Kier alpha value is -1.77. The first-order chi connectivity index (χ1) is 9.54. The number of hydrogen-bond donors (Lipinski definition) is 0. The second-order valence-electron chi connectivity index (χ2n) is 6.12. The summed E-state index contributed by atoms with van der Waals surface area (Å²) in [6.45, 7) is 3.73. The molecule has 104 valence electrons. The fraction of sp³-hybridized carbons (Fsp3) is 0.471. The summed E-state index contributed by atoms with van der Waals surface area (Å²) >= 11 is 0. The summed E-state index contributed by atoms with van der Waals surface area (Å²) in [7, 11) is 0. The molecule has 0 aromatic rings. The van der Waals surface area contributed by atoms with Crippen LogP contribution in [0.2, 0.25) is 0 Å². The third kappa shape index (κ3) is 1.76. The molecule has 0 saturated heterocycles. The van der Waals surface area contributed by atoms with Crippen LogP contribution in [-0.4, -0.2) is 17.9 Å². The number of hydrogen-bond acceptors (Lipinski definition) is 3. The fourth-order valence-electron chi connectivity index (χ4n) is 4.11. The molecule has 3 rings (SSSR count). The van der Waals surface area contributed by atoms with E-state index in [0.29, 0.717) is 5.57 Å². The van der Waals surface area contributed by atoms with Crippen molar-refractivity contribution in [2.75, 3.05) is 0 Å². The second-order valence-corrected chi connectivity index (χ2v) is 6.12. The van der Waals surface area contributed by atoms with Gasteiger partial charge in [0.05, 0.1) is 0 Å². The van der Waals surface area contributed by atoms with Gasteiger partial charge >= 0.3 is 0 Å². The van der Waals surface area contributed by atoms with E-state index in [4.69, 9.17) is 0 Å². The molecule has 0 aromatic carbocycles. The first-order valence-electron chi connectivity index (χ1n) is 7.11. The molecular weight excluding hydrogens is 252 g/mol. The number of carbonyl (C=O) groups is 3. The maximum Gasteiger partial charge on any atom is 0.162 e. The van der Waals surface area contributed by atoms with Gasteiger partial charge in [0.15, 0.2) is 11.6 Å². The third-order valence-corrected chi connectivity index (χ3v) is 4.96. The lowest BCUT2D eigenvalue weighted by Crippen LogP contribution is -2.48. The normalized spacial score (nSPS) is 39.6. The Bertz CT molecular complexity index is 579. The SMILES string of the molecule is CC1=C[C@H](C=O)[C@H]2C(C)=C[C@@H]3CC=CC(=O)[C@H]3[C@@H]2C1=O. The van der Waals surface area contributed by atoms with Gasteiger partial charge in [0.1, 0.15) is 6.29 Å². The van der Waals surface area contributed by atoms with Gasteiger partial charge in [-0.2, -0.15) is 0 Å². The Balaban J connectivity index is 2.14. The minimum Gasteiger partial charge on any atom is -0.303 e. The molecule has 0 bridgehead atoms. The molecule has 0 N–H and O–H groups in total. The molecule has 3 heteroatoms. The zero-order valence-electron chi connectivity index (χ0n) is 11.7. The largest absolute Gasteiger partial charge is 0.303 e. The van der Waals surface area contributed by atoms with Gasteiger partial charge in [0, 0.05) is 23.7 Å². The van der Waals surface area contributed by atoms with Gasteiger partial charge in [0.2, 0.25) is 0 Å². The smallest absolute Gasteiger partial charge is 0.162 e. The molecule has 0 spiro atoms. The molecular formula is C17H18O3. The minimum atomic E-state index is -0.359. The first kappa shape index (κ1) is 13.2. The van der Waals surface area contributed by atoms with Crippen molar-refractivity contribution in [3.63, 3.8) is 0 Å². The minimum absolute atomic E-state index is 0.0349. The van der Waals surface area contributed by atoms with Crippen LogP contribution >= 0.6 is 0 Å². The van der Waals surface area contributed by atoms with Gasteiger partial charge in [-0.1, -0.05) is 23.8 Å². The number of carbonyl (C=O) groups excluding carboxylic acids is 3. The lowest BCUT2D eigenvalue weighted by molar-refractivity contribution is -0.134. The zero-order valence-corrected chi connectivity index (χ0v) is 11.7. The molecule has 3 nitrogen and oxygen atoms in total. The number of rotatable bonds is 1. The number of ketones is 2. The Kier molecular flexibility index (Phi) is 3.08. The lowest BCUT2D eigenvalue weighted by Gasteiger charge is -2.44. The summed E-state index contributed by atoms with van der Waals surface area (Å²) in [5.74, 6) is -0.883. The Morgan fingerprint density at radius 3 is 2.55 bits per heavy atom. The van der Waals surface area contributed by atoms with Crippen LogP contribution < -0.4 is 0 Å². The van der Waals surface area contributed by atoms with E-state index < -0.39 is 0 Å². The van der Waals surface area contributed by atoms with Crippen molar-refractivity contribution in [1.29, 1.82) is 0 Å². The maximum atomic E-state index is 12.6. The quantitative estimate of drug-likeness (QED) is 0.542. The average molecular weight is 270 g/mol. The summed E-state index contributed by atoms with van der Waals surface area (Å²) in [5.41, 5.74) is 1.70. The molecule has 20 heavy (non-hydrogen) atoms. The molecule has 0 unspecified atom stereocenters. The summed E-state index contributed by atoms with van der Waals surface area (Å²) in [6, 6.07) is 0. The average Bonchev–Trinajstić information content (AvgIpc) is 2.42. The number of allylic oxidation sites excluding steroid dienone is 6. The summed E-state index contributed by atoms with van der Waals surface area (Å²) in [4.78, 5) is 36.2. The molecule has 0 aromatic heterocycles. The van der Waals surface area contributed by atoms with E-state index in [1.165, 1.54) is 0 Å². The van der Waals surface area contributed by atoms with Gasteiger partial charge in [-0.05, 0) is 37.8 Å². The molecule has 0 amide bonds. The van der Waals surface area contributed by atoms with Crippen molar-refractivity contribution in [1.82, 2.24) is 0 Å². The standard InChI is InChI=1S/C17H18O3/c1-9-6-11-4-3-5-13(19)15(11)16-14(9)12(8-18)7-10(2)17(16)20/h3,5-8,11-12,14-16H,4H2,1-2H3/t11-,12+,14+,15-,16+/m0/s1. The van der Waals surface area contributed by atoms with E-state index in [1.807, 2.05) is 13.0 Å². The van der Waals surface area contributed by atoms with Crippen LogP contribution in [0.25, 0.3) is 0 Å². The number of aldehydes is 1. The van der Waals surface area contributed by atoms with Gasteiger partial charge in [-0.3, -0.25) is 9.59 Å². The molecule has 3 aliphatic carbocycles. The topological polar surface area (TPSA) is 51.2 Å². The second kappa shape index (κ2) is 4.65. The van der Waals surface area contributed by atoms with E-state index in [2.05, 4.69) is 6.08 Å². The molecule has 0 heterocycles. The van der Waals surface area contributed by atoms with Crippen molar-refractivity contribution in [2.45, 2.75) is 20.3 Å². The van der Waals surface area contributed by atoms with Crippen molar-refractivity contribution < 1.29 is 14.4 Å². The van der Waals surface area contributed by atoms with Crippen molar-refractivity contribution >= 4 is 17.9 Å². The van der Waals surface area contributed by atoms with Crippen LogP contribution in [-0.2, 0) is 14.4 Å². The van der Waals surface area contributed by atoms with Crippen LogP contribution in [0, 0.1) is 29.6 Å². The molecule has 0 aliphatic heterocycles. The van der Waals surface area contributed by atoms with Gasteiger partial charge in [-0.25, -0.2) is 0 Å². The Labute approximate surface area is 118 Å². The van der Waals surface area contributed by atoms with Gasteiger partial charge < -0.3 is 4.79 Å². The summed E-state index contributed by atoms with van der Waals surface area (Å²) < 4.78 is 0. The van der Waals surface area contributed by atoms with Crippen LogP contribution in [0.4, 0.5) is 0 Å². The summed E-state index contributed by atoms with van der Waals surface area (Å²) in [5, 5.41) is 0. The van der Waals surface area contributed by atoms with Crippen molar-refractivity contribution in [3.8, 4) is 0 Å². The van der Waals surface area contributed by atoms with Crippen LogP contribution in [0.5, 0.6) is 0 Å². The highest BCUT2D eigenvalue weighted by molar-refractivity contribution is 6.04. The zero-order chi connectivity index (χ0) is 14.4. The van der Waals surface area contributed by atoms with Crippen LogP contribution in [0.3, 0.4) is 0 Å². The third-order valence-electron chi connectivity index (χ3n) is 4.96. The summed E-state index contributed by atoms with van der Waals surface area (Å²) in [6.07, 6.45) is 9.07. The molecule has 0 fully saturated rings. The number of fused-ring (bicyclic) bond motifs is 3. The van der Waals surface area contributed by atoms with Crippen LogP contribution in [0.15, 0.2) is 35.5 Å². The van der Waals surface area contributed by atoms with Crippen molar-refractivity contribution in [2.24, 2.45) is 29.6 Å². The van der Waals surface area contributed by atoms with E-state index in [9.17, 15) is 14.4 Å². The Morgan fingerprint density at radius 2 is 1.85 bits per heavy atom. The fourth-order valence-corrected chi connectivity index (χ4v) is 4.11. The predicted octanol–water partition coefficient (Wildman–Crippen LogP) is 2.28. The first-order valence-corrected chi connectivity index (χ1v) is 7.11. The lowest BCUT2D eigenvalue weighted by atomic mass is 9.57. The van der Waals surface area contributed by atoms with E-state index in [-0.39, 0.29) is 41.2 Å². The molecule has 0 saturated carbocycles. The van der Waals surface area contributed by atoms with Crippen LogP contribution in [0.1, 0.15) is 20.3 Å². The van der Waals surface area contributed by atoms with Gasteiger partial charge in [-0.15, -0.1) is 0 Å². The molecule has 3 aliphatic rings. The Morgan fingerprint density at radius 1 is 1.10 bits per heavy atom. The predicted molar refractivity (Wildman–Crippen MR) is 74.8 cm³/mol. The van der Waals surface area contributed by atoms with E-state index >= 15 is 0 Å². The highest BCUT2D eigenvalue weighted by Gasteiger charge is 2.50. The highest BCUT2D eigenvalue weighted by atomic mass is 16.1. The van der Waals surface area contributed by atoms with E-state index in [0.717, 1.165) is 18.3 Å². The maximum absolute atomic E-state index is 12.6. The highest BCUT2D eigenvalue weighted by Crippen LogP contribution is 2.48. The van der Waals surface area contributed by atoms with Crippen molar-refractivity contribution in [3.05, 3.63) is 35.5 Å².